The molecule has 0 saturated heterocycles. The molecule has 61 heavy (non-hydrogen) atoms. The summed E-state index contributed by atoms with van der Waals surface area (Å²) in [6.07, 6.45) is -4.48. The molecule has 8 heteroatoms. The molecule has 5 nitrogen and oxygen atoms in total. The molecule has 0 amide bonds. The van der Waals surface area contributed by atoms with Crippen LogP contribution in [-0.2, 0) is 6.18 Å². The Labute approximate surface area is 348 Å². The van der Waals surface area contributed by atoms with E-state index in [1.807, 2.05) is 121 Å². The van der Waals surface area contributed by atoms with Crippen molar-refractivity contribution in [3.8, 4) is 62.1 Å². The summed E-state index contributed by atoms with van der Waals surface area (Å²) in [6.45, 7) is 1.69. The lowest BCUT2D eigenvalue weighted by molar-refractivity contribution is -0.137. The van der Waals surface area contributed by atoms with E-state index in [0.29, 0.717) is 34.2 Å². The molecule has 0 radical (unpaired) electrons. The number of nitrogens with zero attached hydrogens (tertiary/aromatic N) is 4. The van der Waals surface area contributed by atoms with E-state index in [1.165, 1.54) is 12.1 Å². The van der Waals surface area contributed by atoms with Crippen molar-refractivity contribution in [3.05, 3.63) is 193 Å². The Hall–Kier alpha value is -7.84. The van der Waals surface area contributed by atoms with Gasteiger partial charge in [-0.2, -0.15) is 13.2 Å². The standard InChI is InChI=1S/C53H33F3N4O/c1-32-27-37(29-38(28-32)53(54,55)56)35-23-25-41-40-17-8-10-20-44(40)60(46(41)31-35)45-26-24-36(39-19-12-22-48-49(39)42-18-9-11-21-47(42)61-48)30-43(45)52-58-50(33-13-4-2-5-14-33)57-51(59-52)34-15-6-3-7-16-34/h2-31H,1H3. The number of aryl methyl sites for hydroxylation is 1. The molecule has 11 aromatic rings. The zero-order valence-corrected chi connectivity index (χ0v) is 32.7. The number of hydrogen-bond acceptors (Lipinski definition) is 4. The van der Waals surface area contributed by atoms with Crippen LogP contribution in [0.15, 0.2) is 186 Å². The quantitative estimate of drug-likeness (QED) is 0.168. The first-order valence-electron chi connectivity index (χ1n) is 19.9. The van der Waals surface area contributed by atoms with Crippen LogP contribution >= 0.6 is 0 Å². The number of rotatable bonds is 6. The van der Waals surface area contributed by atoms with Crippen LogP contribution in [0.5, 0.6) is 0 Å². The van der Waals surface area contributed by atoms with Crippen molar-refractivity contribution in [2.45, 2.75) is 13.1 Å². The fraction of sp³-hybridized carbons (Fsp3) is 0.0377. The van der Waals surface area contributed by atoms with E-state index in [-0.39, 0.29) is 0 Å². The number of benzene rings is 8. The lowest BCUT2D eigenvalue weighted by atomic mass is 9.96. The summed E-state index contributed by atoms with van der Waals surface area (Å²) in [6, 6.07) is 58.4. The third-order valence-corrected chi connectivity index (χ3v) is 11.3. The molecule has 292 valence electrons. The summed E-state index contributed by atoms with van der Waals surface area (Å²) < 4.78 is 50.8. The molecule has 0 bridgehead atoms. The van der Waals surface area contributed by atoms with E-state index in [4.69, 9.17) is 19.4 Å². The Morgan fingerprint density at radius 3 is 1.80 bits per heavy atom. The first kappa shape index (κ1) is 36.3. The molecule has 8 aromatic carbocycles. The average Bonchev–Trinajstić information content (AvgIpc) is 3.84. The van der Waals surface area contributed by atoms with Crippen LogP contribution in [0.1, 0.15) is 11.1 Å². The van der Waals surface area contributed by atoms with E-state index in [2.05, 4.69) is 47.0 Å². The molecule has 0 spiro atoms. The Kier molecular flexibility index (Phi) is 8.42. The summed E-state index contributed by atoms with van der Waals surface area (Å²) in [5.74, 6) is 1.51. The van der Waals surface area contributed by atoms with Gasteiger partial charge in [-0.3, -0.25) is 0 Å². The van der Waals surface area contributed by atoms with Crippen molar-refractivity contribution >= 4 is 43.7 Å². The molecule has 3 aromatic heterocycles. The third-order valence-electron chi connectivity index (χ3n) is 11.3. The Balaban J connectivity index is 1.22. The van der Waals surface area contributed by atoms with Gasteiger partial charge in [0.1, 0.15) is 11.2 Å². The highest BCUT2D eigenvalue weighted by atomic mass is 19.4. The van der Waals surface area contributed by atoms with E-state index < -0.39 is 11.7 Å². The van der Waals surface area contributed by atoms with E-state index in [9.17, 15) is 13.2 Å². The molecule has 0 aliphatic heterocycles. The van der Waals surface area contributed by atoms with Gasteiger partial charge in [0.2, 0.25) is 0 Å². The molecule has 0 aliphatic rings. The molecule has 11 rings (SSSR count). The second kappa shape index (κ2) is 14.2. The maximum absolute atomic E-state index is 14.1. The van der Waals surface area contributed by atoms with Gasteiger partial charge in [0.15, 0.2) is 17.5 Å². The van der Waals surface area contributed by atoms with Crippen molar-refractivity contribution < 1.29 is 17.6 Å². The molecular weight excluding hydrogens is 766 g/mol. The van der Waals surface area contributed by atoms with Gasteiger partial charge in [-0.15, -0.1) is 0 Å². The Morgan fingerprint density at radius 2 is 1.07 bits per heavy atom. The lowest BCUT2D eigenvalue weighted by Crippen LogP contribution is -2.05. The molecule has 0 N–H and O–H groups in total. The van der Waals surface area contributed by atoms with Gasteiger partial charge in [0.05, 0.1) is 22.3 Å². The maximum atomic E-state index is 14.1. The van der Waals surface area contributed by atoms with Crippen molar-refractivity contribution in [1.82, 2.24) is 19.5 Å². The van der Waals surface area contributed by atoms with E-state index in [0.717, 1.165) is 77.2 Å². The molecule has 0 saturated carbocycles. The number of para-hydroxylation sites is 2. The zero-order chi connectivity index (χ0) is 41.2. The van der Waals surface area contributed by atoms with Crippen LogP contribution in [0, 0.1) is 6.92 Å². The lowest BCUT2D eigenvalue weighted by Gasteiger charge is -2.17. The fourth-order valence-electron chi connectivity index (χ4n) is 8.54. The zero-order valence-electron chi connectivity index (χ0n) is 32.7. The normalized spacial score (nSPS) is 11.9. The summed E-state index contributed by atoms with van der Waals surface area (Å²) in [5, 5.41) is 3.97. The maximum Gasteiger partial charge on any atom is 0.416 e. The minimum absolute atomic E-state index is 0.462. The fourth-order valence-corrected chi connectivity index (χ4v) is 8.54. The summed E-state index contributed by atoms with van der Waals surface area (Å²) in [5.41, 5.74) is 9.46. The minimum atomic E-state index is -4.48. The van der Waals surface area contributed by atoms with Crippen molar-refractivity contribution in [3.63, 3.8) is 0 Å². The predicted molar refractivity (Wildman–Crippen MR) is 238 cm³/mol. The van der Waals surface area contributed by atoms with Crippen molar-refractivity contribution in [1.29, 1.82) is 0 Å². The summed E-state index contributed by atoms with van der Waals surface area (Å²) >= 11 is 0. The molecule has 0 unspecified atom stereocenters. The van der Waals surface area contributed by atoms with Gasteiger partial charge in [-0.25, -0.2) is 15.0 Å². The highest BCUT2D eigenvalue weighted by molar-refractivity contribution is 6.13. The van der Waals surface area contributed by atoms with Gasteiger partial charge in [-0.1, -0.05) is 133 Å². The first-order valence-corrected chi connectivity index (χ1v) is 19.9. The summed E-state index contributed by atoms with van der Waals surface area (Å²) in [7, 11) is 0. The average molecular weight is 799 g/mol. The molecule has 0 fully saturated rings. The topological polar surface area (TPSA) is 56.7 Å². The molecule has 0 aliphatic carbocycles. The SMILES string of the molecule is Cc1cc(-c2ccc3c4ccccc4n(-c4ccc(-c5cccc6oc7ccccc7c56)cc4-c4nc(-c5ccccc5)nc(-c5ccccc5)n4)c3c2)cc(C(F)(F)F)c1. The molecule has 0 atom stereocenters. The smallest absolute Gasteiger partial charge is 0.416 e. The van der Waals surface area contributed by atoms with Gasteiger partial charge >= 0.3 is 6.18 Å². The number of aromatic nitrogens is 4. The second-order valence-electron chi connectivity index (χ2n) is 15.2. The van der Waals surface area contributed by atoms with Crippen LogP contribution in [0.25, 0.3) is 106 Å². The first-order chi connectivity index (χ1) is 29.8. The van der Waals surface area contributed by atoms with Gasteiger partial charge in [0.25, 0.3) is 0 Å². The molecular formula is C53H33F3N4O. The summed E-state index contributed by atoms with van der Waals surface area (Å²) in [4.78, 5) is 15.4. The van der Waals surface area contributed by atoms with Gasteiger partial charge < -0.3 is 8.98 Å². The van der Waals surface area contributed by atoms with E-state index >= 15 is 0 Å². The van der Waals surface area contributed by atoms with Crippen LogP contribution in [0.4, 0.5) is 13.2 Å². The van der Waals surface area contributed by atoms with Gasteiger partial charge in [0, 0.05) is 38.2 Å². The highest BCUT2D eigenvalue weighted by Gasteiger charge is 2.31. The number of hydrogen-bond donors (Lipinski definition) is 0. The molecule has 3 heterocycles. The van der Waals surface area contributed by atoms with Crippen LogP contribution < -0.4 is 0 Å². The number of alkyl halides is 3. The van der Waals surface area contributed by atoms with Gasteiger partial charge in [-0.05, 0) is 83.3 Å². The van der Waals surface area contributed by atoms with E-state index in [1.54, 1.807) is 13.0 Å². The Bertz CT molecular complexity index is 3420. The largest absolute Gasteiger partial charge is 0.456 e. The van der Waals surface area contributed by atoms with Crippen molar-refractivity contribution in [2.75, 3.05) is 0 Å². The van der Waals surface area contributed by atoms with Crippen LogP contribution in [0.2, 0.25) is 0 Å². The number of halogens is 3. The minimum Gasteiger partial charge on any atom is -0.456 e. The van der Waals surface area contributed by atoms with Crippen LogP contribution in [0.3, 0.4) is 0 Å². The second-order valence-corrected chi connectivity index (χ2v) is 15.2. The van der Waals surface area contributed by atoms with Crippen LogP contribution in [-0.4, -0.2) is 19.5 Å². The highest BCUT2D eigenvalue weighted by Crippen LogP contribution is 2.43. The monoisotopic (exact) mass is 798 g/mol. The Morgan fingerprint density at radius 1 is 0.443 bits per heavy atom. The van der Waals surface area contributed by atoms with Crippen molar-refractivity contribution in [2.24, 2.45) is 0 Å². The predicted octanol–water partition coefficient (Wildman–Crippen LogP) is 14.5. The number of fused-ring (bicyclic) bond motifs is 6. The number of furan rings is 1. The third kappa shape index (κ3) is 6.31.